The van der Waals surface area contributed by atoms with Crippen LogP contribution in [0.25, 0.3) is 10.9 Å². The summed E-state index contributed by atoms with van der Waals surface area (Å²) in [5.74, 6) is -3.55. The first-order valence-electron chi connectivity index (χ1n) is 10.4. The van der Waals surface area contributed by atoms with Crippen LogP contribution >= 0.6 is 0 Å². The van der Waals surface area contributed by atoms with Gasteiger partial charge in [-0.3, -0.25) is 14.4 Å². The minimum atomic E-state index is -1.34. The number of hydrogen-bond acceptors (Lipinski definition) is 6. The lowest BCUT2D eigenvalue weighted by molar-refractivity contribution is -0.142. The molecule has 0 unspecified atom stereocenters. The fraction of sp³-hybridized carbons (Fsp3) is 0.429. The lowest BCUT2D eigenvalue weighted by Crippen LogP contribution is -2.55. The average Bonchev–Trinajstić information content (AvgIpc) is 3.15. The van der Waals surface area contributed by atoms with Gasteiger partial charge in [-0.15, -0.1) is 0 Å². The molecule has 0 fully saturated rings. The van der Waals surface area contributed by atoms with Crippen LogP contribution in [0.3, 0.4) is 0 Å². The molecule has 11 heteroatoms. The van der Waals surface area contributed by atoms with Crippen molar-refractivity contribution >= 4 is 34.6 Å². The van der Waals surface area contributed by atoms with E-state index in [0.29, 0.717) is 31.4 Å². The Hall–Kier alpha value is -3.44. The van der Waals surface area contributed by atoms with Crippen molar-refractivity contribution in [1.82, 2.24) is 15.6 Å². The maximum absolute atomic E-state index is 12.7. The number of benzene rings is 1. The molecule has 0 saturated carbocycles. The quantitative estimate of drug-likeness (QED) is 0.193. The summed E-state index contributed by atoms with van der Waals surface area (Å²) >= 11 is 0. The summed E-state index contributed by atoms with van der Waals surface area (Å²) in [5, 5.41) is 15.2. The molecule has 0 saturated heterocycles. The summed E-state index contributed by atoms with van der Waals surface area (Å²) in [5.41, 5.74) is 18.0. The molecule has 0 bridgehead atoms. The van der Waals surface area contributed by atoms with Crippen molar-refractivity contribution in [2.75, 3.05) is 6.54 Å². The Morgan fingerprint density at radius 3 is 2.38 bits per heavy atom. The van der Waals surface area contributed by atoms with Gasteiger partial charge in [-0.2, -0.15) is 0 Å². The summed E-state index contributed by atoms with van der Waals surface area (Å²) < 4.78 is 0. The van der Waals surface area contributed by atoms with Gasteiger partial charge < -0.3 is 37.9 Å². The van der Waals surface area contributed by atoms with Gasteiger partial charge in [0.1, 0.15) is 12.1 Å². The van der Waals surface area contributed by atoms with Crippen LogP contribution in [-0.2, 0) is 25.6 Å². The van der Waals surface area contributed by atoms with E-state index in [4.69, 9.17) is 17.2 Å². The van der Waals surface area contributed by atoms with Crippen LogP contribution in [0.4, 0.5) is 0 Å². The van der Waals surface area contributed by atoms with E-state index in [-0.39, 0.29) is 6.42 Å². The summed E-state index contributed by atoms with van der Waals surface area (Å²) in [6.45, 7) is 0.466. The molecule has 1 heterocycles. The minimum Gasteiger partial charge on any atom is -0.480 e. The number of aromatic amines is 1. The lowest BCUT2D eigenvalue weighted by atomic mass is 10.0. The molecule has 2 aromatic rings. The van der Waals surface area contributed by atoms with E-state index in [1.165, 1.54) is 0 Å². The molecule has 10 N–H and O–H groups in total. The van der Waals surface area contributed by atoms with Crippen LogP contribution in [0.1, 0.15) is 31.2 Å². The van der Waals surface area contributed by atoms with Crippen molar-refractivity contribution in [3.05, 3.63) is 36.0 Å². The van der Waals surface area contributed by atoms with Gasteiger partial charge in [-0.05, 0) is 31.0 Å². The molecule has 0 aliphatic heterocycles. The molecule has 3 atom stereocenters. The molecule has 1 aromatic carbocycles. The van der Waals surface area contributed by atoms with Gasteiger partial charge in [-0.1, -0.05) is 24.6 Å². The van der Waals surface area contributed by atoms with Crippen LogP contribution in [0.2, 0.25) is 0 Å². The van der Waals surface area contributed by atoms with Crippen molar-refractivity contribution in [2.45, 2.75) is 50.2 Å². The Kier molecular flexibility index (Phi) is 9.17. The predicted octanol–water partition coefficient (Wildman–Crippen LogP) is -0.904. The maximum Gasteiger partial charge on any atom is 0.326 e. The molecule has 32 heavy (non-hydrogen) atoms. The number of rotatable bonds is 13. The number of hydrogen-bond donors (Lipinski definition) is 7. The number of amides is 3. The van der Waals surface area contributed by atoms with Crippen molar-refractivity contribution in [3.63, 3.8) is 0 Å². The third kappa shape index (κ3) is 7.06. The third-order valence-corrected chi connectivity index (χ3v) is 5.06. The third-order valence-electron chi connectivity index (χ3n) is 5.06. The van der Waals surface area contributed by atoms with Crippen LogP contribution in [0.5, 0.6) is 0 Å². The van der Waals surface area contributed by atoms with Crippen LogP contribution in [0.15, 0.2) is 30.5 Å². The number of carboxylic acids is 1. The summed E-state index contributed by atoms with van der Waals surface area (Å²) in [7, 11) is 0. The normalized spacial score (nSPS) is 13.8. The van der Waals surface area contributed by atoms with Gasteiger partial charge in [0.05, 0.1) is 12.5 Å². The predicted molar refractivity (Wildman–Crippen MR) is 118 cm³/mol. The maximum atomic E-state index is 12.7. The molecule has 2 rings (SSSR count). The van der Waals surface area contributed by atoms with E-state index in [0.717, 1.165) is 10.9 Å². The standard InChI is InChI=1S/C21H30N6O5/c22-8-4-3-6-14(23)19(29)26-16(10-18(24)28)20(30)27-17(21(31)32)9-12-11-25-15-7-2-1-5-13(12)15/h1-2,5,7,11,14,16-17,25H,3-4,6,8-10,22-23H2,(H2,24,28)(H,26,29)(H,27,30)(H,31,32)/t14-,16-,17-/m0/s1. The molecular formula is C21H30N6O5. The second kappa shape index (κ2) is 11.8. The van der Waals surface area contributed by atoms with E-state index in [2.05, 4.69) is 15.6 Å². The van der Waals surface area contributed by atoms with Gasteiger partial charge in [0.25, 0.3) is 0 Å². The molecule has 0 spiro atoms. The van der Waals surface area contributed by atoms with E-state index in [1.807, 2.05) is 24.3 Å². The number of fused-ring (bicyclic) bond motifs is 1. The van der Waals surface area contributed by atoms with Gasteiger partial charge in [-0.25, -0.2) is 4.79 Å². The number of para-hydroxylation sites is 1. The summed E-state index contributed by atoms with van der Waals surface area (Å²) in [4.78, 5) is 51.3. The summed E-state index contributed by atoms with van der Waals surface area (Å²) in [6.07, 6.45) is 2.86. The number of aromatic nitrogens is 1. The van der Waals surface area contributed by atoms with Crippen LogP contribution < -0.4 is 27.8 Å². The van der Waals surface area contributed by atoms with Crippen molar-refractivity contribution in [1.29, 1.82) is 0 Å². The number of unbranched alkanes of at least 4 members (excludes halogenated alkanes) is 1. The van der Waals surface area contributed by atoms with E-state index in [9.17, 15) is 24.3 Å². The van der Waals surface area contributed by atoms with Gasteiger partial charge in [0.15, 0.2) is 0 Å². The number of nitrogens with two attached hydrogens (primary N) is 3. The van der Waals surface area contributed by atoms with Crippen molar-refractivity contribution < 1.29 is 24.3 Å². The number of aliphatic carboxylic acids is 1. The molecule has 0 radical (unpaired) electrons. The first-order chi connectivity index (χ1) is 15.2. The topological polar surface area (TPSA) is 206 Å². The lowest BCUT2D eigenvalue weighted by Gasteiger charge is -2.22. The first kappa shape index (κ1) is 24.8. The molecule has 3 amide bonds. The first-order valence-corrected chi connectivity index (χ1v) is 10.4. The Morgan fingerprint density at radius 2 is 1.72 bits per heavy atom. The van der Waals surface area contributed by atoms with Gasteiger partial charge in [0, 0.05) is 23.5 Å². The molecule has 1 aromatic heterocycles. The average molecular weight is 447 g/mol. The zero-order valence-corrected chi connectivity index (χ0v) is 17.7. The molecule has 0 aliphatic rings. The van der Waals surface area contributed by atoms with Crippen LogP contribution in [-0.4, -0.2) is 58.5 Å². The fourth-order valence-electron chi connectivity index (χ4n) is 3.32. The smallest absolute Gasteiger partial charge is 0.326 e. The van der Waals surface area contributed by atoms with E-state index < -0.39 is 48.2 Å². The zero-order valence-electron chi connectivity index (χ0n) is 17.7. The second-order valence-corrected chi connectivity index (χ2v) is 7.59. The largest absolute Gasteiger partial charge is 0.480 e. The fourth-order valence-corrected chi connectivity index (χ4v) is 3.32. The number of nitrogens with one attached hydrogen (secondary N) is 3. The number of primary amides is 1. The van der Waals surface area contributed by atoms with E-state index >= 15 is 0 Å². The highest BCUT2D eigenvalue weighted by molar-refractivity contribution is 5.95. The van der Waals surface area contributed by atoms with E-state index in [1.54, 1.807) is 6.20 Å². The molecular weight excluding hydrogens is 416 g/mol. The minimum absolute atomic E-state index is 0.000920. The van der Waals surface area contributed by atoms with Gasteiger partial charge in [0.2, 0.25) is 17.7 Å². The second-order valence-electron chi connectivity index (χ2n) is 7.59. The number of H-pyrrole nitrogens is 1. The van der Waals surface area contributed by atoms with Crippen LogP contribution in [0, 0.1) is 0 Å². The highest BCUT2D eigenvalue weighted by Crippen LogP contribution is 2.19. The van der Waals surface area contributed by atoms with Crippen molar-refractivity contribution in [3.8, 4) is 0 Å². The highest BCUT2D eigenvalue weighted by atomic mass is 16.4. The van der Waals surface area contributed by atoms with Crippen molar-refractivity contribution in [2.24, 2.45) is 17.2 Å². The Balaban J connectivity index is 2.08. The Bertz CT molecular complexity index is 959. The Labute approximate surface area is 185 Å². The van der Waals surface area contributed by atoms with Gasteiger partial charge >= 0.3 is 5.97 Å². The summed E-state index contributed by atoms with van der Waals surface area (Å²) in [6, 6.07) is 3.83. The number of carbonyl (C=O) groups excluding carboxylic acids is 3. The SMILES string of the molecule is NCCCC[C@H](N)C(=O)N[C@@H](CC(N)=O)C(=O)N[C@@H](Cc1c[nH]c2ccccc12)C(=O)O. The monoisotopic (exact) mass is 446 g/mol. The zero-order chi connectivity index (χ0) is 23.7. The Morgan fingerprint density at radius 1 is 1.03 bits per heavy atom. The molecule has 0 aliphatic carbocycles. The highest BCUT2D eigenvalue weighted by Gasteiger charge is 2.29. The number of carboxylic acid groups (broad SMARTS) is 1. The number of carbonyl (C=O) groups is 4. The molecule has 174 valence electrons. The molecule has 11 nitrogen and oxygen atoms in total.